The maximum Gasteiger partial charge on any atom is 0.256 e. The molecule has 0 spiro atoms. The number of carbonyl (C=O) groups is 1. The first kappa shape index (κ1) is 21.4. The van der Waals surface area contributed by atoms with E-state index in [1.165, 1.54) is 0 Å². The molecule has 0 saturated carbocycles. The van der Waals surface area contributed by atoms with Gasteiger partial charge in [0.25, 0.3) is 11.5 Å². The Morgan fingerprint density at radius 2 is 2.09 bits per heavy atom. The third kappa shape index (κ3) is 3.31. The standard InChI is InChI=1S/C21H22Cl2N6O3/c1-9-17-18(27-28-26-17)13(20(30)25-9)8-29-4-3-11-14(22)5-12(16(23)15(11)21(29)31)19(32-2)10-6-24-7-10/h5,10,19,24H,3-4,6-8H2,1-2H3,(H,25,30)(H,26,27,28). The van der Waals surface area contributed by atoms with Gasteiger partial charge in [0.15, 0.2) is 0 Å². The number of H-pyrrole nitrogens is 2. The first-order valence-electron chi connectivity index (χ1n) is 10.4. The molecule has 3 N–H and O–H groups in total. The van der Waals surface area contributed by atoms with E-state index >= 15 is 0 Å². The minimum absolute atomic E-state index is 0.0926. The number of halogens is 2. The Labute approximate surface area is 193 Å². The number of aryl methyl sites for hydroxylation is 1. The normalized spacial score (nSPS) is 17.5. The number of nitrogens with zero attached hydrogens (tertiary/aromatic N) is 3. The lowest BCUT2D eigenvalue weighted by atomic mass is 9.87. The highest BCUT2D eigenvalue weighted by atomic mass is 35.5. The molecule has 2 aliphatic rings. The number of fused-ring (bicyclic) bond motifs is 2. The molecule has 11 heteroatoms. The Bertz CT molecular complexity index is 1280. The van der Waals surface area contributed by atoms with Gasteiger partial charge in [-0.2, -0.15) is 0 Å². The lowest BCUT2D eigenvalue weighted by molar-refractivity contribution is 0.0292. The molecule has 1 aromatic carbocycles. The number of pyridine rings is 1. The average molecular weight is 477 g/mol. The van der Waals surface area contributed by atoms with Crippen LogP contribution in [0, 0.1) is 12.8 Å². The average Bonchev–Trinajstić information content (AvgIpc) is 3.22. The number of hydrogen-bond donors (Lipinski definition) is 3. The molecule has 5 rings (SSSR count). The molecule has 0 bridgehead atoms. The van der Waals surface area contributed by atoms with Crippen molar-refractivity contribution in [1.29, 1.82) is 0 Å². The second kappa shape index (κ2) is 8.15. The van der Waals surface area contributed by atoms with E-state index in [9.17, 15) is 9.59 Å². The van der Waals surface area contributed by atoms with E-state index in [0.717, 1.165) is 18.7 Å². The van der Waals surface area contributed by atoms with Crippen LogP contribution >= 0.6 is 23.2 Å². The van der Waals surface area contributed by atoms with Gasteiger partial charge < -0.3 is 19.9 Å². The SMILES string of the molecule is COC(c1cc(Cl)c2c(c1Cl)C(=O)N(Cc1c(=O)[nH]c(C)c3[nH]nnc13)CC2)C1CNC1. The van der Waals surface area contributed by atoms with E-state index in [4.69, 9.17) is 27.9 Å². The van der Waals surface area contributed by atoms with Crippen molar-refractivity contribution in [1.82, 2.24) is 30.6 Å². The van der Waals surface area contributed by atoms with Crippen LogP contribution in [0.5, 0.6) is 0 Å². The lowest BCUT2D eigenvalue weighted by Gasteiger charge is -2.36. The predicted octanol–water partition coefficient (Wildman–Crippen LogP) is 2.37. The van der Waals surface area contributed by atoms with Crippen molar-refractivity contribution in [2.75, 3.05) is 26.7 Å². The van der Waals surface area contributed by atoms with E-state index in [0.29, 0.717) is 56.4 Å². The Hall–Kier alpha value is -2.46. The summed E-state index contributed by atoms with van der Waals surface area (Å²) in [6, 6.07) is 1.82. The van der Waals surface area contributed by atoms with Crippen LogP contribution in [-0.4, -0.2) is 57.9 Å². The van der Waals surface area contributed by atoms with E-state index < -0.39 is 0 Å². The van der Waals surface area contributed by atoms with Crippen LogP contribution in [0.1, 0.15) is 38.8 Å². The van der Waals surface area contributed by atoms with Gasteiger partial charge in [-0.05, 0) is 25.0 Å². The molecule has 0 aliphatic carbocycles. The van der Waals surface area contributed by atoms with Crippen molar-refractivity contribution in [3.8, 4) is 0 Å². The van der Waals surface area contributed by atoms with Gasteiger partial charge in [0.2, 0.25) is 0 Å². The molecule has 168 valence electrons. The van der Waals surface area contributed by atoms with Gasteiger partial charge in [-0.3, -0.25) is 14.7 Å². The summed E-state index contributed by atoms with van der Waals surface area (Å²) in [6.07, 6.45) is 0.276. The highest BCUT2D eigenvalue weighted by Crippen LogP contribution is 2.41. The Morgan fingerprint density at radius 1 is 1.31 bits per heavy atom. The van der Waals surface area contributed by atoms with Crippen molar-refractivity contribution >= 4 is 40.1 Å². The van der Waals surface area contributed by atoms with Crippen LogP contribution in [0.25, 0.3) is 11.0 Å². The van der Waals surface area contributed by atoms with Crippen LogP contribution in [-0.2, 0) is 17.7 Å². The molecule has 9 nitrogen and oxygen atoms in total. The Kier molecular flexibility index (Phi) is 5.45. The van der Waals surface area contributed by atoms with Crippen LogP contribution < -0.4 is 10.9 Å². The van der Waals surface area contributed by atoms with E-state index in [1.54, 1.807) is 18.9 Å². The number of hydrogen-bond acceptors (Lipinski definition) is 6. The zero-order chi connectivity index (χ0) is 22.6. The summed E-state index contributed by atoms with van der Waals surface area (Å²) < 4.78 is 5.72. The van der Waals surface area contributed by atoms with Gasteiger partial charge in [-0.15, -0.1) is 5.10 Å². The molecular weight excluding hydrogens is 455 g/mol. The number of methoxy groups -OCH3 is 1. The summed E-state index contributed by atoms with van der Waals surface area (Å²) in [5.74, 6) is -0.00816. The third-order valence-corrected chi connectivity index (χ3v) is 7.16. The Balaban J connectivity index is 1.54. The number of benzene rings is 1. The molecule has 4 heterocycles. The number of aromatic nitrogens is 4. The van der Waals surface area contributed by atoms with Crippen molar-refractivity contribution in [2.24, 2.45) is 5.92 Å². The highest BCUT2D eigenvalue weighted by Gasteiger charge is 2.36. The molecule has 1 unspecified atom stereocenters. The van der Waals surface area contributed by atoms with Crippen molar-refractivity contribution in [3.63, 3.8) is 0 Å². The van der Waals surface area contributed by atoms with Crippen molar-refractivity contribution < 1.29 is 9.53 Å². The summed E-state index contributed by atoms with van der Waals surface area (Å²) in [7, 11) is 1.63. The first-order chi connectivity index (χ1) is 15.4. The van der Waals surface area contributed by atoms with Crippen LogP contribution in [0.2, 0.25) is 10.0 Å². The van der Waals surface area contributed by atoms with Crippen LogP contribution in [0.3, 0.4) is 0 Å². The van der Waals surface area contributed by atoms with Crippen LogP contribution in [0.4, 0.5) is 0 Å². The fraction of sp³-hybridized carbons (Fsp3) is 0.429. The second-order valence-electron chi connectivity index (χ2n) is 8.26. The molecule has 2 aromatic heterocycles. The fourth-order valence-electron chi connectivity index (χ4n) is 4.57. The van der Waals surface area contributed by atoms with Gasteiger partial charge >= 0.3 is 0 Å². The quantitative estimate of drug-likeness (QED) is 0.520. The lowest BCUT2D eigenvalue weighted by Crippen LogP contribution is -2.46. The largest absolute Gasteiger partial charge is 0.376 e. The zero-order valence-electron chi connectivity index (χ0n) is 17.6. The van der Waals surface area contributed by atoms with E-state index in [1.807, 2.05) is 6.07 Å². The van der Waals surface area contributed by atoms with Gasteiger partial charge in [-0.25, -0.2) is 0 Å². The number of aromatic amines is 2. The molecule has 1 atom stereocenters. The highest BCUT2D eigenvalue weighted by molar-refractivity contribution is 6.37. The predicted molar refractivity (Wildman–Crippen MR) is 120 cm³/mol. The van der Waals surface area contributed by atoms with Gasteiger partial charge in [0.05, 0.1) is 28.8 Å². The summed E-state index contributed by atoms with van der Waals surface area (Å²) >= 11 is 13.4. The zero-order valence-corrected chi connectivity index (χ0v) is 19.1. The minimum atomic E-state index is -0.294. The number of amides is 1. The summed E-state index contributed by atoms with van der Waals surface area (Å²) in [6.45, 7) is 3.90. The summed E-state index contributed by atoms with van der Waals surface area (Å²) in [4.78, 5) is 30.6. The van der Waals surface area contributed by atoms with Gasteiger partial charge in [-0.1, -0.05) is 28.4 Å². The first-order valence-corrected chi connectivity index (χ1v) is 11.1. The van der Waals surface area contributed by atoms with Crippen molar-refractivity contribution in [2.45, 2.75) is 26.0 Å². The number of ether oxygens (including phenoxy) is 1. The summed E-state index contributed by atoms with van der Waals surface area (Å²) in [5.41, 5.74) is 3.66. The topological polar surface area (TPSA) is 116 Å². The molecule has 32 heavy (non-hydrogen) atoms. The van der Waals surface area contributed by atoms with Gasteiger partial charge in [0, 0.05) is 48.9 Å². The molecule has 1 amide bonds. The molecule has 1 fully saturated rings. The molecule has 1 saturated heterocycles. The maximum atomic E-state index is 13.5. The monoisotopic (exact) mass is 476 g/mol. The molecule has 3 aromatic rings. The second-order valence-corrected chi connectivity index (χ2v) is 9.04. The minimum Gasteiger partial charge on any atom is -0.376 e. The number of nitrogens with one attached hydrogen (secondary N) is 3. The molecular formula is C21H22Cl2N6O3. The molecule has 0 radical (unpaired) electrons. The van der Waals surface area contributed by atoms with E-state index in [2.05, 4.69) is 25.7 Å². The number of carbonyl (C=O) groups excluding carboxylic acids is 1. The molecule has 2 aliphatic heterocycles. The smallest absolute Gasteiger partial charge is 0.256 e. The van der Waals surface area contributed by atoms with Gasteiger partial charge in [0.1, 0.15) is 11.0 Å². The maximum absolute atomic E-state index is 13.5. The number of rotatable bonds is 5. The third-order valence-electron chi connectivity index (χ3n) is 6.41. The summed E-state index contributed by atoms with van der Waals surface area (Å²) in [5, 5.41) is 14.8. The van der Waals surface area contributed by atoms with E-state index in [-0.39, 0.29) is 30.0 Å². The fourth-order valence-corrected chi connectivity index (χ4v) is 5.23. The van der Waals surface area contributed by atoms with Crippen LogP contribution in [0.15, 0.2) is 10.9 Å². The Morgan fingerprint density at radius 3 is 2.78 bits per heavy atom. The van der Waals surface area contributed by atoms with Crippen molar-refractivity contribution in [3.05, 3.63) is 54.4 Å².